The van der Waals surface area contributed by atoms with Crippen molar-refractivity contribution >= 4 is 11.6 Å². The number of hydrogen-bond donors (Lipinski definition) is 2. The molecule has 0 atom stereocenters. The summed E-state index contributed by atoms with van der Waals surface area (Å²) in [5.74, 6) is -0.0725. The van der Waals surface area contributed by atoms with E-state index in [1.807, 2.05) is 26.2 Å². The standard InChI is InChI=1S/C19H22N4O/c1-23(2)14-17-5-3-16(4-6-17)12-22-19(24)13-21-18-9-7-15(11-20)8-10-18/h3-10,21H,12-14H2,1-2H3,(H,22,24). The fourth-order valence-corrected chi connectivity index (χ4v) is 2.24. The van der Waals surface area contributed by atoms with Crippen molar-refractivity contribution in [3.05, 3.63) is 65.2 Å². The zero-order valence-electron chi connectivity index (χ0n) is 14.0. The van der Waals surface area contributed by atoms with Crippen molar-refractivity contribution in [1.29, 1.82) is 5.26 Å². The van der Waals surface area contributed by atoms with E-state index in [1.54, 1.807) is 24.3 Å². The molecule has 0 aliphatic rings. The van der Waals surface area contributed by atoms with Crippen LogP contribution >= 0.6 is 0 Å². The molecule has 0 aliphatic heterocycles. The Balaban J connectivity index is 1.75. The number of nitrogens with zero attached hydrogens (tertiary/aromatic N) is 2. The molecule has 0 bridgehead atoms. The maximum Gasteiger partial charge on any atom is 0.239 e. The van der Waals surface area contributed by atoms with Crippen LogP contribution in [0, 0.1) is 11.3 Å². The van der Waals surface area contributed by atoms with Crippen LogP contribution in [0.3, 0.4) is 0 Å². The van der Waals surface area contributed by atoms with E-state index in [1.165, 1.54) is 5.56 Å². The number of benzene rings is 2. The molecular weight excluding hydrogens is 300 g/mol. The van der Waals surface area contributed by atoms with Crippen molar-refractivity contribution in [2.75, 3.05) is 26.0 Å². The minimum atomic E-state index is -0.0725. The molecule has 0 aromatic heterocycles. The number of nitriles is 1. The van der Waals surface area contributed by atoms with E-state index in [0.29, 0.717) is 12.1 Å². The number of amides is 1. The molecule has 0 spiro atoms. The molecule has 1 amide bonds. The first kappa shape index (κ1) is 17.5. The lowest BCUT2D eigenvalue weighted by molar-refractivity contribution is -0.119. The van der Waals surface area contributed by atoms with Gasteiger partial charge in [0.2, 0.25) is 5.91 Å². The molecular formula is C19H22N4O. The normalized spacial score (nSPS) is 10.2. The molecule has 2 N–H and O–H groups in total. The summed E-state index contributed by atoms with van der Waals surface area (Å²) in [5, 5.41) is 14.7. The second kappa shape index (κ2) is 8.70. The monoisotopic (exact) mass is 322 g/mol. The Morgan fingerprint density at radius 3 is 2.25 bits per heavy atom. The zero-order chi connectivity index (χ0) is 17.4. The average Bonchev–Trinajstić information content (AvgIpc) is 2.59. The van der Waals surface area contributed by atoms with Crippen LogP contribution in [0.1, 0.15) is 16.7 Å². The van der Waals surface area contributed by atoms with Crippen molar-refractivity contribution in [1.82, 2.24) is 10.2 Å². The van der Waals surface area contributed by atoms with Gasteiger partial charge in [-0.15, -0.1) is 0 Å². The van der Waals surface area contributed by atoms with Crippen molar-refractivity contribution < 1.29 is 4.79 Å². The van der Waals surface area contributed by atoms with Gasteiger partial charge < -0.3 is 15.5 Å². The first-order valence-electron chi connectivity index (χ1n) is 7.80. The van der Waals surface area contributed by atoms with Gasteiger partial charge in [0, 0.05) is 18.8 Å². The molecule has 24 heavy (non-hydrogen) atoms. The highest BCUT2D eigenvalue weighted by Crippen LogP contribution is 2.08. The average molecular weight is 322 g/mol. The Kier molecular flexibility index (Phi) is 6.35. The van der Waals surface area contributed by atoms with E-state index in [4.69, 9.17) is 5.26 Å². The SMILES string of the molecule is CN(C)Cc1ccc(CNC(=O)CNc2ccc(C#N)cc2)cc1. The Hall–Kier alpha value is -2.84. The number of anilines is 1. The topological polar surface area (TPSA) is 68.2 Å². The third kappa shape index (κ3) is 5.75. The molecule has 0 aliphatic carbocycles. The molecule has 124 valence electrons. The molecule has 5 heteroatoms. The summed E-state index contributed by atoms with van der Waals surface area (Å²) in [6, 6.07) is 17.3. The second-order valence-corrected chi connectivity index (χ2v) is 5.87. The molecule has 2 rings (SSSR count). The van der Waals surface area contributed by atoms with E-state index >= 15 is 0 Å². The zero-order valence-corrected chi connectivity index (χ0v) is 14.0. The molecule has 0 radical (unpaired) electrons. The maximum atomic E-state index is 11.9. The highest BCUT2D eigenvalue weighted by Gasteiger charge is 2.02. The third-order valence-electron chi connectivity index (χ3n) is 3.48. The van der Waals surface area contributed by atoms with E-state index in [2.05, 4.69) is 33.7 Å². The van der Waals surface area contributed by atoms with Crippen molar-refractivity contribution in [3.63, 3.8) is 0 Å². The largest absolute Gasteiger partial charge is 0.376 e. The molecule has 0 fully saturated rings. The maximum absolute atomic E-state index is 11.9. The molecule has 0 heterocycles. The lowest BCUT2D eigenvalue weighted by Crippen LogP contribution is -2.29. The van der Waals surface area contributed by atoms with Gasteiger partial charge in [-0.2, -0.15) is 5.26 Å². The van der Waals surface area contributed by atoms with Gasteiger partial charge in [-0.1, -0.05) is 24.3 Å². The van der Waals surface area contributed by atoms with Crippen LogP contribution < -0.4 is 10.6 Å². The Labute approximate surface area is 142 Å². The van der Waals surface area contributed by atoms with Crippen LogP contribution in [-0.2, 0) is 17.9 Å². The van der Waals surface area contributed by atoms with Gasteiger partial charge in [0.05, 0.1) is 18.2 Å². The number of nitrogens with one attached hydrogen (secondary N) is 2. The van der Waals surface area contributed by atoms with E-state index in [0.717, 1.165) is 17.8 Å². The van der Waals surface area contributed by atoms with Crippen molar-refractivity contribution in [2.24, 2.45) is 0 Å². The molecule has 0 saturated heterocycles. The summed E-state index contributed by atoms with van der Waals surface area (Å²) >= 11 is 0. The Morgan fingerprint density at radius 1 is 1.04 bits per heavy atom. The number of hydrogen-bond acceptors (Lipinski definition) is 4. The third-order valence-corrected chi connectivity index (χ3v) is 3.48. The summed E-state index contributed by atoms with van der Waals surface area (Å²) in [4.78, 5) is 14.0. The predicted molar refractivity (Wildman–Crippen MR) is 95.3 cm³/mol. The van der Waals surface area contributed by atoms with Crippen LogP contribution in [0.4, 0.5) is 5.69 Å². The van der Waals surface area contributed by atoms with Crippen molar-refractivity contribution in [3.8, 4) is 6.07 Å². The second-order valence-electron chi connectivity index (χ2n) is 5.87. The van der Waals surface area contributed by atoms with Gasteiger partial charge >= 0.3 is 0 Å². The molecule has 5 nitrogen and oxygen atoms in total. The van der Waals surface area contributed by atoms with Crippen molar-refractivity contribution in [2.45, 2.75) is 13.1 Å². The number of carbonyl (C=O) groups excluding carboxylic acids is 1. The quantitative estimate of drug-likeness (QED) is 0.821. The van der Waals surface area contributed by atoms with Crippen LogP contribution in [0.15, 0.2) is 48.5 Å². The first-order valence-corrected chi connectivity index (χ1v) is 7.80. The predicted octanol–water partition coefficient (Wildman–Crippen LogP) is 2.35. The lowest BCUT2D eigenvalue weighted by atomic mass is 10.1. The fourth-order valence-electron chi connectivity index (χ4n) is 2.24. The summed E-state index contributed by atoms with van der Waals surface area (Å²) in [7, 11) is 4.07. The summed E-state index contributed by atoms with van der Waals surface area (Å²) < 4.78 is 0. The summed E-state index contributed by atoms with van der Waals surface area (Å²) in [6.07, 6.45) is 0. The van der Waals surface area contributed by atoms with Gasteiger partial charge in [0.25, 0.3) is 0 Å². The van der Waals surface area contributed by atoms with Gasteiger partial charge in [-0.25, -0.2) is 0 Å². The van der Waals surface area contributed by atoms with E-state index < -0.39 is 0 Å². The van der Waals surface area contributed by atoms with E-state index in [-0.39, 0.29) is 12.5 Å². The summed E-state index contributed by atoms with van der Waals surface area (Å²) in [5.41, 5.74) is 3.74. The highest BCUT2D eigenvalue weighted by molar-refractivity contribution is 5.80. The van der Waals surface area contributed by atoms with Crippen LogP contribution in [0.2, 0.25) is 0 Å². The van der Waals surface area contributed by atoms with Crippen LogP contribution in [-0.4, -0.2) is 31.4 Å². The number of carbonyl (C=O) groups is 1. The summed E-state index contributed by atoms with van der Waals surface area (Å²) in [6.45, 7) is 1.61. The van der Waals surface area contributed by atoms with Gasteiger partial charge in [-0.05, 0) is 49.5 Å². The van der Waals surface area contributed by atoms with E-state index in [9.17, 15) is 4.79 Å². The highest BCUT2D eigenvalue weighted by atomic mass is 16.1. The lowest BCUT2D eigenvalue weighted by Gasteiger charge is -2.11. The molecule has 0 saturated carbocycles. The fraction of sp³-hybridized carbons (Fsp3) is 0.263. The van der Waals surface area contributed by atoms with Gasteiger partial charge in [0.1, 0.15) is 0 Å². The Morgan fingerprint density at radius 2 is 1.67 bits per heavy atom. The van der Waals surface area contributed by atoms with Crippen LogP contribution in [0.25, 0.3) is 0 Å². The molecule has 0 unspecified atom stereocenters. The molecule has 2 aromatic rings. The number of rotatable bonds is 7. The van der Waals surface area contributed by atoms with Gasteiger partial charge in [0.15, 0.2) is 0 Å². The van der Waals surface area contributed by atoms with Crippen LogP contribution in [0.5, 0.6) is 0 Å². The Bertz CT molecular complexity index is 700. The smallest absolute Gasteiger partial charge is 0.239 e. The molecule has 2 aromatic carbocycles. The minimum Gasteiger partial charge on any atom is -0.376 e. The first-order chi connectivity index (χ1) is 11.6. The minimum absolute atomic E-state index is 0.0725. The van der Waals surface area contributed by atoms with Gasteiger partial charge in [-0.3, -0.25) is 4.79 Å².